The third-order valence-corrected chi connectivity index (χ3v) is 5.42. The van der Waals surface area contributed by atoms with Crippen molar-refractivity contribution < 1.29 is 17.9 Å². The Balaban J connectivity index is 1.64. The molecule has 1 aromatic carbocycles. The van der Waals surface area contributed by atoms with Gasteiger partial charge in [0.1, 0.15) is 17.3 Å². The average molecular weight is 373 g/mol. The van der Waals surface area contributed by atoms with Gasteiger partial charge in [-0.3, -0.25) is 14.3 Å². The fourth-order valence-electron chi connectivity index (χ4n) is 2.81. The van der Waals surface area contributed by atoms with Crippen LogP contribution in [0.1, 0.15) is 0 Å². The lowest BCUT2D eigenvalue weighted by molar-refractivity contribution is 0.181. The summed E-state index contributed by atoms with van der Waals surface area (Å²) >= 11 is 0. The van der Waals surface area contributed by atoms with Crippen molar-refractivity contribution in [3.8, 4) is 0 Å². The van der Waals surface area contributed by atoms with Gasteiger partial charge in [-0.15, -0.1) is 0 Å². The Morgan fingerprint density at radius 2 is 2.04 bits per heavy atom. The molecule has 1 N–H and O–H groups in total. The number of benzene rings is 1. The van der Waals surface area contributed by atoms with E-state index in [-0.39, 0.29) is 11.5 Å². The van der Waals surface area contributed by atoms with Crippen LogP contribution in [-0.4, -0.2) is 42.4 Å². The van der Waals surface area contributed by atoms with Crippen molar-refractivity contribution in [1.29, 1.82) is 0 Å². The number of nitrogens with zero attached hydrogens (tertiary/aromatic N) is 4. The lowest BCUT2D eigenvalue weighted by atomic mass is 10.2. The van der Waals surface area contributed by atoms with E-state index in [2.05, 4.69) is 14.8 Å². The Morgan fingerprint density at radius 1 is 1.19 bits per heavy atom. The van der Waals surface area contributed by atoms with Crippen LogP contribution < -0.4 is 9.62 Å². The molecule has 1 aliphatic rings. The molecule has 3 heterocycles. The normalized spacial score (nSPS) is 14.7. The number of carbonyl (C=O) groups is 1. The van der Waals surface area contributed by atoms with Crippen molar-refractivity contribution in [3.63, 3.8) is 0 Å². The molecule has 10 heteroatoms. The summed E-state index contributed by atoms with van der Waals surface area (Å²) in [5.74, 6) is 0.347. The molecule has 0 unspecified atom stereocenters. The molecule has 9 nitrogen and oxygen atoms in total. The van der Waals surface area contributed by atoms with Crippen molar-refractivity contribution in [3.05, 3.63) is 42.7 Å². The summed E-state index contributed by atoms with van der Waals surface area (Å²) in [6.07, 6.45) is 2.39. The fourth-order valence-corrected chi connectivity index (χ4v) is 3.82. The van der Waals surface area contributed by atoms with Gasteiger partial charge in [0.25, 0.3) is 10.0 Å². The van der Waals surface area contributed by atoms with Gasteiger partial charge in [0.15, 0.2) is 0 Å². The van der Waals surface area contributed by atoms with Crippen molar-refractivity contribution in [2.45, 2.75) is 4.90 Å². The number of ether oxygens (including phenoxy) is 1. The number of aryl methyl sites for hydroxylation is 1. The highest BCUT2D eigenvalue weighted by Crippen LogP contribution is 2.25. The molecule has 1 aliphatic heterocycles. The van der Waals surface area contributed by atoms with Gasteiger partial charge in [-0.25, -0.2) is 18.2 Å². The van der Waals surface area contributed by atoms with Gasteiger partial charge >= 0.3 is 6.09 Å². The van der Waals surface area contributed by atoms with E-state index in [1.165, 1.54) is 23.2 Å². The monoisotopic (exact) mass is 373 g/mol. The smallest absolute Gasteiger partial charge is 0.415 e. The largest absolute Gasteiger partial charge is 0.447 e. The van der Waals surface area contributed by atoms with Gasteiger partial charge in [-0.1, -0.05) is 12.1 Å². The Bertz CT molecular complexity index is 1090. The Labute approximate surface area is 149 Å². The number of cyclic esters (lactones) is 1. The molecule has 0 bridgehead atoms. The lowest BCUT2D eigenvalue weighted by Gasteiger charge is -2.13. The minimum absolute atomic E-state index is 0.00649. The maximum Gasteiger partial charge on any atom is 0.415 e. The van der Waals surface area contributed by atoms with E-state index in [1.54, 1.807) is 30.1 Å². The number of sulfonamides is 1. The lowest BCUT2D eigenvalue weighted by Crippen LogP contribution is -2.24. The van der Waals surface area contributed by atoms with Crippen molar-refractivity contribution in [1.82, 2.24) is 14.8 Å². The summed E-state index contributed by atoms with van der Waals surface area (Å²) in [5.41, 5.74) is 1.11. The van der Waals surface area contributed by atoms with Crippen LogP contribution in [0.15, 0.2) is 47.6 Å². The molecule has 0 saturated carbocycles. The van der Waals surface area contributed by atoms with E-state index >= 15 is 0 Å². The van der Waals surface area contributed by atoms with Crippen LogP contribution in [-0.2, 0) is 21.8 Å². The first-order chi connectivity index (χ1) is 12.5. The summed E-state index contributed by atoms with van der Waals surface area (Å²) < 4.78 is 34.4. The first-order valence-corrected chi connectivity index (χ1v) is 9.28. The van der Waals surface area contributed by atoms with Crippen LogP contribution in [0, 0.1) is 0 Å². The average Bonchev–Trinajstić information content (AvgIpc) is 3.21. The van der Waals surface area contributed by atoms with Gasteiger partial charge in [0.2, 0.25) is 0 Å². The zero-order valence-electron chi connectivity index (χ0n) is 13.8. The zero-order chi connectivity index (χ0) is 18.3. The van der Waals surface area contributed by atoms with Crippen LogP contribution in [0.5, 0.6) is 0 Å². The van der Waals surface area contributed by atoms with E-state index in [9.17, 15) is 13.2 Å². The molecule has 1 fully saturated rings. The number of hydrogen-bond acceptors (Lipinski definition) is 6. The number of amides is 1. The van der Waals surface area contributed by atoms with Crippen molar-refractivity contribution in [2.75, 3.05) is 22.8 Å². The maximum absolute atomic E-state index is 12.7. The minimum Gasteiger partial charge on any atom is -0.447 e. The van der Waals surface area contributed by atoms with E-state index in [1.807, 2.05) is 6.07 Å². The second kappa shape index (κ2) is 5.99. The Hall–Kier alpha value is -3.14. The quantitative estimate of drug-likeness (QED) is 0.746. The number of aromatic nitrogens is 3. The highest BCUT2D eigenvalue weighted by molar-refractivity contribution is 7.92. The van der Waals surface area contributed by atoms with Crippen LogP contribution in [0.4, 0.5) is 16.3 Å². The van der Waals surface area contributed by atoms with Crippen LogP contribution in [0.25, 0.3) is 10.9 Å². The molecule has 3 aromatic rings. The molecule has 1 amide bonds. The van der Waals surface area contributed by atoms with E-state index in [4.69, 9.17) is 4.74 Å². The third-order valence-electron chi connectivity index (χ3n) is 4.07. The minimum atomic E-state index is -3.84. The van der Waals surface area contributed by atoms with Gasteiger partial charge in [0, 0.05) is 18.6 Å². The summed E-state index contributed by atoms with van der Waals surface area (Å²) in [4.78, 5) is 17.0. The number of rotatable bonds is 4. The summed E-state index contributed by atoms with van der Waals surface area (Å²) in [6.45, 7) is 0.676. The second-order valence-electron chi connectivity index (χ2n) is 5.74. The zero-order valence-corrected chi connectivity index (χ0v) is 14.6. The molecule has 26 heavy (non-hydrogen) atoms. The highest BCUT2D eigenvalue weighted by Gasteiger charge is 2.25. The second-order valence-corrected chi connectivity index (χ2v) is 7.42. The molecule has 2 aromatic heterocycles. The summed E-state index contributed by atoms with van der Waals surface area (Å²) in [7, 11) is -2.10. The Kier molecular flexibility index (Phi) is 3.76. The molecule has 0 aliphatic carbocycles. The number of pyridine rings is 1. The number of anilines is 2. The molecular formula is C16H15N5O4S. The van der Waals surface area contributed by atoms with Gasteiger partial charge in [-0.2, -0.15) is 5.10 Å². The first-order valence-electron chi connectivity index (χ1n) is 7.79. The first kappa shape index (κ1) is 16.3. The predicted molar refractivity (Wildman–Crippen MR) is 94.5 cm³/mol. The van der Waals surface area contributed by atoms with Crippen molar-refractivity contribution >= 4 is 38.5 Å². The SMILES string of the molecule is Cn1ncc2cccc(NS(=O)(=O)c3ccc(N4CCOC4=O)nc3)c21. The standard InChI is InChI=1S/C16H15N5O4S/c1-20-15-11(9-18-20)3-2-4-13(15)19-26(23,24)12-5-6-14(17-10-12)21-7-8-25-16(21)22/h2-6,9-10,19H,7-8H2,1H3. The predicted octanol–water partition coefficient (Wildman–Crippen LogP) is 1.73. The van der Waals surface area contributed by atoms with Crippen molar-refractivity contribution in [2.24, 2.45) is 7.05 Å². The number of fused-ring (bicyclic) bond motifs is 1. The Morgan fingerprint density at radius 3 is 2.73 bits per heavy atom. The topological polar surface area (TPSA) is 106 Å². The fraction of sp³-hybridized carbons (Fsp3) is 0.188. The van der Waals surface area contributed by atoms with E-state index < -0.39 is 16.1 Å². The van der Waals surface area contributed by atoms with Gasteiger partial charge < -0.3 is 4.74 Å². The summed E-state index contributed by atoms with van der Waals surface area (Å²) in [5, 5.41) is 4.97. The van der Waals surface area contributed by atoms with E-state index in [0.29, 0.717) is 23.6 Å². The van der Waals surface area contributed by atoms with Gasteiger partial charge in [-0.05, 0) is 18.2 Å². The molecule has 134 valence electrons. The molecule has 0 atom stereocenters. The number of hydrogen-bond donors (Lipinski definition) is 1. The molecular weight excluding hydrogens is 358 g/mol. The molecule has 0 spiro atoms. The highest BCUT2D eigenvalue weighted by atomic mass is 32.2. The van der Waals surface area contributed by atoms with E-state index in [0.717, 1.165) is 5.39 Å². The molecule has 1 saturated heterocycles. The van der Waals surface area contributed by atoms with Crippen LogP contribution >= 0.6 is 0 Å². The molecule has 0 radical (unpaired) electrons. The summed E-state index contributed by atoms with van der Waals surface area (Å²) in [6, 6.07) is 8.16. The number of nitrogens with one attached hydrogen (secondary N) is 1. The van der Waals surface area contributed by atoms with Crippen LogP contribution in [0.2, 0.25) is 0 Å². The maximum atomic E-state index is 12.7. The third kappa shape index (κ3) is 2.73. The number of para-hydroxylation sites is 1. The van der Waals surface area contributed by atoms with Crippen LogP contribution in [0.3, 0.4) is 0 Å². The number of carbonyl (C=O) groups excluding carboxylic acids is 1. The van der Waals surface area contributed by atoms with Gasteiger partial charge in [0.05, 0.1) is 23.9 Å². The molecule has 4 rings (SSSR count).